The Kier molecular flexibility index (Phi) is 4.40. The van der Waals surface area contributed by atoms with Gasteiger partial charge in [-0.25, -0.2) is 0 Å². The Bertz CT molecular complexity index is 605. The molecule has 21 heavy (non-hydrogen) atoms. The number of halogens is 1. The van der Waals surface area contributed by atoms with Gasteiger partial charge in [0, 0.05) is 17.4 Å². The smallest absolute Gasteiger partial charge is 0.234 e. The van der Waals surface area contributed by atoms with E-state index in [9.17, 15) is 0 Å². The summed E-state index contributed by atoms with van der Waals surface area (Å²) >= 11 is 3.56. The lowest BCUT2D eigenvalue weighted by atomic mass is 9.74. The Hall–Kier alpha value is -1.20. The molecule has 112 valence electrons. The van der Waals surface area contributed by atoms with Crippen LogP contribution in [0.2, 0.25) is 0 Å². The van der Waals surface area contributed by atoms with Crippen molar-refractivity contribution < 1.29 is 4.52 Å². The minimum atomic E-state index is -0.0998. The van der Waals surface area contributed by atoms with Crippen LogP contribution < -0.4 is 5.73 Å². The zero-order valence-electron chi connectivity index (χ0n) is 12.0. The average Bonchev–Trinajstić information content (AvgIpc) is 2.99. The fourth-order valence-corrected chi connectivity index (χ4v) is 3.51. The third-order valence-corrected chi connectivity index (χ3v) is 5.20. The van der Waals surface area contributed by atoms with Crippen molar-refractivity contribution in [1.82, 2.24) is 10.1 Å². The maximum Gasteiger partial charge on any atom is 0.234 e. The van der Waals surface area contributed by atoms with Crippen LogP contribution in [0.25, 0.3) is 0 Å². The lowest BCUT2D eigenvalue weighted by Gasteiger charge is -2.32. The molecule has 3 rings (SSSR count). The van der Waals surface area contributed by atoms with Gasteiger partial charge in [-0.2, -0.15) is 4.98 Å². The van der Waals surface area contributed by atoms with E-state index in [-0.39, 0.29) is 5.41 Å². The second-order valence-electron chi connectivity index (χ2n) is 5.83. The summed E-state index contributed by atoms with van der Waals surface area (Å²) in [4.78, 5) is 4.63. The lowest BCUT2D eigenvalue weighted by Crippen LogP contribution is -2.37. The summed E-state index contributed by atoms with van der Waals surface area (Å²) in [6.07, 6.45) is 6.45. The van der Waals surface area contributed by atoms with Gasteiger partial charge in [0.2, 0.25) is 5.89 Å². The Morgan fingerprint density at radius 3 is 2.67 bits per heavy atom. The van der Waals surface area contributed by atoms with E-state index in [1.807, 2.05) is 18.2 Å². The first kappa shape index (κ1) is 14.7. The monoisotopic (exact) mass is 349 g/mol. The van der Waals surface area contributed by atoms with E-state index in [1.54, 1.807) is 0 Å². The standard InChI is InChI=1S/C16H20BrN3O/c17-13-7-3-2-6-12(13)10-14-19-15(21-20-14)16(11-18)8-4-1-5-9-16/h2-3,6-7H,1,4-5,8-11,18H2. The highest BCUT2D eigenvalue weighted by Crippen LogP contribution is 2.37. The Morgan fingerprint density at radius 2 is 1.95 bits per heavy atom. The van der Waals surface area contributed by atoms with Crippen LogP contribution in [-0.2, 0) is 11.8 Å². The average molecular weight is 350 g/mol. The van der Waals surface area contributed by atoms with Gasteiger partial charge in [-0.3, -0.25) is 0 Å². The van der Waals surface area contributed by atoms with Crippen LogP contribution in [-0.4, -0.2) is 16.7 Å². The largest absolute Gasteiger partial charge is 0.339 e. The van der Waals surface area contributed by atoms with Crippen LogP contribution in [0.4, 0.5) is 0 Å². The van der Waals surface area contributed by atoms with Crippen molar-refractivity contribution in [2.45, 2.75) is 43.9 Å². The number of aromatic nitrogens is 2. The highest BCUT2D eigenvalue weighted by molar-refractivity contribution is 9.10. The van der Waals surface area contributed by atoms with Gasteiger partial charge >= 0.3 is 0 Å². The van der Waals surface area contributed by atoms with Crippen molar-refractivity contribution in [2.75, 3.05) is 6.54 Å². The lowest BCUT2D eigenvalue weighted by molar-refractivity contribution is 0.219. The van der Waals surface area contributed by atoms with Gasteiger partial charge in [0.1, 0.15) is 0 Å². The van der Waals surface area contributed by atoms with E-state index >= 15 is 0 Å². The summed E-state index contributed by atoms with van der Waals surface area (Å²) < 4.78 is 6.63. The van der Waals surface area contributed by atoms with E-state index in [0.717, 1.165) is 34.6 Å². The van der Waals surface area contributed by atoms with E-state index in [0.29, 0.717) is 13.0 Å². The minimum absolute atomic E-state index is 0.0998. The molecular weight excluding hydrogens is 330 g/mol. The molecule has 1 aliphatic carbocycles. The fraction of sp³-hybridized carbons (Fsp3) is 0.500. The Labute approximate surface area is 133 Å². The number of hydrogen-bond donors (Lipinski definition) is 1. The van der Waals surface area contributed by atoms with Crippen LogP contribution in [0.1, 0.15) is 49.4 Å². The van der Waals surface area contributed by atoms with Gasteiger partial charge in [0.15, 0.2) is 5.82 Å². The number of nitrogens with zero attached hydrogens (tertiary/aromatic N) is 2. The molecule has 1 heterocycles. The second-order valence-corrected chi connectivity index (χ2v) is 6.68. The number of rotatable bonds is 4. The van der Waals surface area contributed by atoms with Gasteiger partial charge in [-0.15, -0.1) is 0 Å². The molecule has 1 fully saturated rings. The molecule has 0 unspecified atom stereocenters. The van der Waals surface area contributed by atoms with Gasteiger partial charge < -0.3 is 10.3 Å². The maximum absolute atomic E-state index is 6.02. The van der Waals surface area contributed by atoms with E-state index in [4.69, 9.17) is 10.3 Å². The first-order valence-corrected chi connectivity index (χ1v) is 8.29. The van der Waals surface area contributed by atoms with Crippen molar-refractivity contribution >= 4 is 15.9 Å². The molecule has 2 aromatic rings. The SMILES string of the molecule is NCC1(c2nc(Cc3ccccc3Br)no2)CCCCC1. The minimum Gasteiger partial charge on any atom is -0.339 e. The molecule has 0 amide bonds. The van der Waals surface area contributed by atoms with Crippen LogP contribution >= 0.6 is 15.9 Å². The third kappa shape index (κ3) is 3.04. The second kappa shape index (κ2) is 6.28. The van der Waals surface area contributed by atoms with Crippen molar-refractivity contribution in [1.29, 1.82) is 0 Å². The first-order valence-electron chi connectivity index (χ1n) is 7.50. The summed E-state index contributed by atoms with van der Waals surface area (Å²) in [5, 5.41) is 4.16. The molecule has 0 atom stereocenters. The molecule has 0 spiro atoms. The van der Waals surface area contributed by atoms with Crippen LogP contribution in [0.3, 0.4) is 0 Å². The molecule has 1 aromatic carbocycles. The topological polar surface area (TPSA) is 64.9 Å². The van der Waals surface area contributed by atoms with Gasteiger partial charge in [-0.05, 0) is 24.5 Å². The van der Waals surface area contributed by atoms with Crippen molar-refractivity contribution in [3.8, 4) is 0 Å². The Balaban J connectivity index is 1.81. The van der Waals surface area contributed by atoms with E-state index in [1.165, 1.54) is 19.3 Å². The fourth-order valence-electron chi connectivity index (χ4n) is 3.09. The molecule has 1 aliphatic rings. The predicted octanol–water partition coefficient (Wildman–Crippen LogP) is 3.58. The van der Waals surface area contributed by atoms with E-state index in [2.05, 4.69) is 32.1 Å². The molecule has 1 aromatic heterocycles. The van der Waals surface area contributed by atoms with Gasteiger partial charge in [-0.1, -0.05) is 58.5 Å². The predicted molar refractivity (Wildman–Crippen MR) is 85.1 cm³/mol. The van der Waals surface area contributed by atoms with E-state index < -0.39 is 0 Å². The highest BCUT2D eigenvalue weighted by Gasteiger charge is 2.37. The summed E-state index contributed by atoms with van der Waals surface area (Å²) in [5.74, 6) is 1.46. The van der Waals surface area contributed by atoms with Gasteiger partial charge in [0.05, 0.1) is 5.41 Å². The maximum atomic E-state index is 6.02. The molecule has 0 bridgehead atoms. The van der Waals surface area contributed by atoms with Crippen LogP contribution in [0.5, 0.6) is 0 Å². The summed E-state index contributed by atoms with van der Waals surface area (Å²) in [7, 11) is 0. The molecule has 0 aliphatic heterocycles. The normalized spacial score (nSPS) is 17.8. The summed E-state index contributed by atoms with van der Waals surface area (Å²) in [6, 6.07) is 8.11. The number of hydrogen-bond acceptors (Lipinski definition) is 4. The van der Waals surface area contributed by atoms with Crippen molar-refractivity contribution in [2.24, 2.45) is 5.73 Å². The molecular formula is C16H20BrN3O. The van der Waals surface area contributed by atoms with Crippen LogP contribution in [0, 0.1) is 0 Å². The quantitative estimate of drug-likeness (QED) is 0.915. The third-order valence-electron chi connectivity index (χ3n) is 4.43. The molecule has 4 nitrogen and oxygen atoms in total. The highest BCUT2D eigenvalue weighted by atomic mass is 79.9. The number of benzene rings is 1. The number of nitrogens with two attached hydrogens (primary N) is 1. The summed E-state index contributed by atoms with van der Waals surface area (Å²) in [5.41, 5.74) is 7.08. The molecule has 0 radical (unpaired) electrons. The van der Waals surface area contributed by atoms with Crippen molar-refractivity contribution in [3.05, 3.63) is 46.0 Å². The summed E-state index contributed by atoms with van der Waals surface area (Å²) in [6.45, 7) is 0.587. The van der Waals surface area contributed by atoms with Gasteiger partial charge in [0.25, 0.3) is 0 Å². The van der Waals surface area contributed by atoms with Crippen LogP contribution in [0.15, 0.2) is 33.3 Å². The zero-order chi connectivity index (χ0) is 14.7. The Morgan fingerprint density at radius 1 is 1.19 bits per heavy atom. The molecule has 2 N–H and O–H groups in total. The molecule has 1 saturated carbocycles. The van der Waals surface area contributed by atoms with Crippen molar-refractivity contribution in [3.63, 3.8) is 0 Å². The first-order chi connectivity index (χ1) is 10.2. The molecule has 5 heteroatoms. The zero-order valence-corrected chi connectivity index (χ0v) is 13.6. The molecule has 0 saturated heterocycles.